The van der Waals surface area contributed by atoms with Gasteiger partial charge in [0.05, 0.1) is 25.1 Å². The predicted molar refractivity (Wildman–Crippen MR) is 69.0 cm³/mol. The van der Waals surface area contributed by atoms with Gasteiger partial charge >= 0.3 is 0 Å². The largest absolute Gasteiger partial charge is 0.492 e. The maximum Gasteiger partial charge on any atom is 0.239 e. The topological polar surface area (TPSA) is 84.5 Å². The van der Waals surface area contributed by atoms with E-state index in [4.69, 9.17) is 4.74 Å². The molecule has 0 aromatic heterocycles. The summed E-state index contributed by atoms with van der Waals surface area (Å²) in [5.41, 5.74) is 0.438. The lowest BCUT2D eigenvalue weighted by Crippen LogP contribution is -2.35. The van der Waals surface area contributed by atoms with Gasteiger partial charge in [-0.25, -0.2) is 0 Å². The fourth-order valence-electron chi connectivity index (χ4n) is 1.32. The number of para-hydroxylation sites is 1. The van der Waals surface area contributed by atoms with Crippen LogP contribution >= 0.6 is 0 Å². The smallest absolute Gasteiger partial charge is 0.239 e. The minimum atomic E-state index is -0.285. The Balaban J connectivity index is 2.32. The highest BCUT2D eigenvalue weighted by molar-refractivity contribution is 5.84. The summed E-state index contributed by atoms with van der Waals surface area (Å²) in [5.74, 6) is -0.107. The Morgan fingerprint density at radius 1 is 1.26 bits per heavy atom. The molecule has 2 amide bonds. The first kappa shape index (κ1) is 14.7. The van der Waals surface area contributed by atoms with Crippen LogP contribution in [-0.4, -0.2) is 38.3 Å². The van der Waals surface area contributed by atoms with Gasteiger partial charge in [0.1, 0.15) is 5.75 Å². The highest BCUT2D eigenvalue weighted by Crippen LogP contribution is 2.15. The van der Waals surface area contributed by atoms with Crippen molar-refractivity contribution < 1.29 is 19.1 Å². The van der Waals surface area contributed by atoms with Gasteiger partial charge in [-0.05, 0) is 12.1 Å². The summed E-state index contributed by atoms with van der Waals surface area (Å²) in [6.07, 6.45) is 0.811. The molecule has 0 aliphatic heterocycles. The average Bonchev–Trinajstić information content (AvgIpc) is 2.45. The van der Waals surface area contributed by atoms with Crippen LogP contribution < -0.4 is 15.4 Å². The predicted octanol–water partition coefficient (Wildman–Crippen LogP) is 0.130. The Morgan fingerprint density at radius 3 is 2.68 bits per heavy atom. The third-order valence-electron chi connectivity index (χ3n) is 2.36. The van der Waals surface area contributed by atoms with E-state index in [-0.39, 0.29) is 31.4 Å². The van der Waals surface area contributed by atoms with Crippen LogP contribution in [0.2, 0.25) is 0 Å². The zero-order valence-electron chi connectivity index (χ0n) is 10.6. The minimum Gasteiger partial charge on any atom is -0.492 e. The summed E-state index contributed by atoms with van der Waals surface area (Å²) >= 11 is 0. The molecule has 2 N–H and O–H groups in total. The van der Waals surface area contributed by atoms with Gasteiger partial charge in [-0.3, -0.25) is 14.4 Å². The van der Waals surface area contributed by atoms with Crippen LogP contribution in [0.4, 0.5) is 0 Å². The van der Waals surface area contributed by atoms with Crippen LogP contribution in [0, 0.1) is 0 Å². The molecule has 0 radical (unpaired) electrons. The number of benzene rings is 1. The second-order valence-electron chi connectivity index (χ2n) is 3.70. The van der Waals surface area contributed by atoms with Crippen molar-refractivity contribution in [2.45, 2.75) is 6.42 Å². The van der Waals surface area contributed by atoms with Gasteiger partial charge in [-0.2, -0.15) is 0 Å². The summed E-state index contributed by atoms with van der Waals surface area (Å²) in [6, 6.07) is 6.76. The number of rotatable bonds is 7. The fraction of sp³-hybridized carbons (Fsp3) is 0.308. The third-order valence-corrected chi connectivity index (χ3v) is 2.36. The van der Waals surface area contributed by atoms with Crippen molar-refractivity contribution in [3.8, 4) is 5.75 Å². The number of hydrogen-bond donors (Lipinski definition) is 2. The molecule has 1 aromatic carbocycles. The lowest BCUT2D eigenvalue weighted by molar-refractivity contribution is -0.126. The minimum absolute atomic E-state index is 0.0553. The molecular weight excluding hydrogens is 248 g/mol. The maximum absolute atomic E-state index is 11.4. The summed E-state index contributed by atoms with van der Waals surface area (Å²) in [7, 11) is 1.49. The molecule has 19 heavy (non-hydrogen) atoms. The summed E-state index contributed by atoms with van der Waals surface area (Å²) < 4.78 is 5.34. The molecule has 0 saturated heterocycles. The van der Waals surface area contributed by atoms with Crippen LogP contribution in [0.1, 0.15) is 16.8 Å². The number of aldehydes is 1. The van der Waals surface area contributed by atoms with Crippen LogP contribution in [0.3, 0.4) is 0 Å². The molecule has 6 heteroatoms. The number of carbonyl (C=O) groups excluding carboxylic acids is 3. The molecule has 0 spiro atoms. The third kappa shape index (κ3) is 5.20. The maximum atomic E-state index is 11.4. The van der Waals surface area contributed by atoms with E-state index in [2.05, 4.69) is 10.6 Å². The van der Waals surface area contributed by atoms with E-state index in [1.165, 1.54) is 7.05 Å². The molecule has 0 bridgehead atoms. The summed E-state index contributed by atoms with van der Waals surface area (Å²) in [5, 5.41) is 4.84. The quantitative estimate of drug-likeness (QED) is 0.686. The molecule has 0 saturated carbocycles. The number of hydrogen-bond acceptors (Lipinski definition) is 4. The van der Waals surface area contributed by atoms with E-state index in [0.29, 0.717) is 17.6 Å². The van der Waals surface area contributed by atoms with Crippen molar-refractivity contribution in [3.05, 3.63) is 29.8 Å². The molecular formula is C13H16N2O4. The lowest BCUT2D eigenvalue weighted by atomic mass is 10.2. The standard InChI is InChI=1S/C13H16N2O4/c1-14-13(18)8-15-12(17)6-7-19-11-5-3-2-4-10(11)9-16/h2-5,9H,6-8H2,1H3,(H,14,18)(H,15,17). The number of nitrogens with one attached hydrogen (secondary N) is 2. The van der Waals surface area contributed by atoms with E-state index < -0.39 is 0 Å². The van der Waals surface area contributed by atoms with E-state index in [1.54, 1.807) is 24.3 Å². The molecule has 6 nitrogen and oxygen atoms in total. The number of likely N-dealkylation sites (N-methyl/N-ethyl adjacent to an activating group) is 1. The second-order valence-corrected chi connectivity index (χ2v) is 3.70. The van der Waals surface area contributed by atoms with Gasteiger partial charge in [0.2, 0.25) is 11.8 Å². The van der Waals surface area contributed by atoms with Crippen molar-refractivity contribution >= 4 is 18.1 Å². The normalized spacial score (nSPS) is 9.53. The van der Waals surface area contributed by atoms with Crippen molar-refractivity contribution in [2.75, 3.05) is 20.2 Å². The van der Waals surface area contributed by atoms with Gasteiger partial charge in [0.25, 0.3) is 0 Å². The molecule has 1 rings (SSSR count). The molecule has 0 heterocycles. The Hall–Kier alpha value is -2.37. The first-order chi connectivity index (χ1) is 9.17. The average molecular weight is 264 g/mol. The van der Waals surface area contributed by atoms with Crippen LogP contribution in [-0.2, 0) is 9.59 Å². The Morgan fingerprint density at radius 2 is 2.00 bits per heavy atom. The second kappa shape index (κ2) is 7.86. The Labute approximate surface area is 111 Å². The number of carbonyl (C=O) groups is 3. The van der Waals surface area contributed by atoms with Gasteiger partial charge < -0.3 is 15.4 Å². The van der Waals surface area contributed by atoms with Crippen molar-refractivity contribution in [1.29, 1.82) is 0 Å². The van der Waals surface area contributed by atoms with Crippen molar-refractivity contribution in [2.24, 2.45) is 0 Å². The van der Waals surface area contributed by atoms with Crippen LogP contribution in [0.25, 0.3) is 0 Å². The van der Waals surface area contributed by atoms with Gasteiger partial charge in [-0.15, -0.1) is 0 Å². The molecule has 0 aliphatic rings. The fourth-order valence-corrected chi connectivity index (χ4v) is 1.32. The van der Waals surface area contributed by atoms with E-state index >= 15 is 0 Å². The number of ether oxygens (including phenoxy) is 1. The van der Waals surface area contributed by atoms with Gasteiger partial charge in [-0.1, -0.05) is 12.1 Å². The molecule has 0 atom stereocenters. The van der Waals surface area contributed by atoms with E-state index in [1.807, 2.05) is 0 Å². The Kier molecular flexibility index (Phi) is 6.08. The van der Waals surface area contributed by atoms with Crippen molar-refractivity contribution in [1.82, 2.24) is 10.6 Å². The SMILES string of the molecule is CNC(=O)CNC(=O)CCOc1ccccc1C=O. The lowest BCUT2D eigenvalue weighted by Gasteiger charge is -2.08. The molecule has 0 unspecified atom stereocenters. The van der Waals surface area contributed by atoms with Crippen molar-refractivity contribution in [3.63, 3.8) is 0 Å². The molecule has 0 fully saturated rings. The zero-order valence-corrected chi connectivity index (χ0v) is 10.6. The zero-order chi connectivity index (χ0) is 14.1. The molecule has 1 aromatic rings. The Bertz CT molecular complexity index is 460. The van der Waals surface area contributed by atoms with Gasteiger partial charge in [0, 0.05) is 7.05 Å². The van der Waals surface area contributed by atoms with E-state index in [0.717, 1.165) is 0 Å². The number of amides is 2. The molecule has 102 valence electrons. The van der Waals surface area contributed by atoms with Crippen LogP contribution in [0.5, 0.6) is 5.75 Å². The van der Waals surface area contributed by atoms with E-state index in [9.17, 15) is 14.4 Å². The van der Waals surface area contributed by atoms with Crippen LogP contribution in [0.15, 0.2) is 24.3 Å². The first-order valence-corrected chi connectivity index (χ1v) is 5.81. The highest BCUT2D eigenvalue weighted by Gasteiger charge is 2.06. The highest BCUT2D eigenvalue weighted by atomic mass is 16.5. The summed E-state index contributed by atoms with van der Waals surface area (Å²) in [6.45, 7) is 0.0880. The summed E-state index contributed by atoms with van der Waals surface area (Å²) in [4.78, 5) is 33.0. The monoisotopic (exact) mass is 264 g/mol. The van der Waals surface area contributed by atoms with Gasteiger partial charge in [0.15, 0.2) is 6.29 Å². The first-order valence-electron chi connectivity index (χ1n) is 5.81. The molecule has 0 aliphatic carbocycles.